The molecule has 1 heteroatoms. The molecule has 88 valence electrons. The molecule has 2 aliphatic rings. The van der Waals surface area contributed by atoms with E-state index in [9.17, 15) is 0 Å². The molecule has 3 unspecified atom stereocenters. The summed E-state index contributed by atoms with van der Waals surface area (Å²) in [7, 11) is 0. The predicted octanol–water partition coefficient (Wildman–Crippen LogP) is 3.73. The van der Waals surface area contributed by atoms with Gasteiger partial charge in [0.05, 0.1) is 0 Å². The lowest BCUT2D eigenvalue weighted by Crippen LogP contribution is -2.40. The molecule has 0 aliphatic heterocycles. The zero-order valence-corrected chi connectivity index (χ0v) is 10.5. The highest BCUT2D eigenvalue weighted by Crippen LogP contribution is 2.32. The average Bonchev–Trinajstić information content (AvgIpc) is 2.59. The van der Waals surface area contributed by atoms with E-state index >= 15 is 0 Å². The van der Waals surface area contributed by atoms with Crippen molar-refractivity contribution in [2.75, 3.05) is 0 Å². The molecule has 0 aromatic carbocycles. The Morgan fingerprint density at radius 2 is 1.87 bits per heavy atom. The van der Waals surface area contributed by atoms with E-state index in [4.69, 9.17) is 0 Å². The molecule has 0 amide bonds. The largest absolute Gasteiger partial charge is 0.311 e. The zero-order valence-electron chi connectivity index (χ0n) is 10.5. The van der Waals surface area contributed by atoms with Gasteiger partial charge in [0.1, 0.15) is 0 Å². The zero-order chi connectivity index (χ0) is 10.7. The Balaban J connectivity index is 1.69. The third kappa shape index (κ3) is 2.96. The van der Waals surface area contributed by atoms with E-state index in [-0.39, 0.29) is 0 Å². The summed E-state index contributed by atoms with van der Waals surface area (Å²) < 4.78 is 0. The van der Waals surface area contributed by atoms with Crippen LogP contribution in [0, 0.1) is 11.8 Å². The quantitative estimate of drug-likeness (QED) is 0.727. The van der Waals surface area contributed by atoms with Gasteiger partial charge in [-0.2, -0.15) is 0 Å². The molecular formula is C14H27N. The van der Waals surface area contributed by atoms with Gasteiger partial charge in [0, 0.05) is 12.1 Å². The fourth-order valence-corrected chi connectivity index (χ4v) is 3.41. The Kier molecular flexibility index (Phi) is 4.07. The summed E-state index contributed by atoms with van der Waals surface area (Å²) in [5, 5.41) is 3.88. The molecule has 2 saturated carbocycles. The summed E-state index contributed by atoms with van der Waals surface area (Å²) >= 11 is 0. The van der Waals surface area contributed by atoms with E-state index in [1.54, 1.807) is 0 Å². The van der Waals surface area contributed by atoms with Crippen molar-refractivity contribution in [3.05, 3.63) is 0 Å². The maximum absolute atomic E-state index is 3.88. The topological polar surface area (TPSA) is 12.0 Å². The third-order valence-corrected chi connectivity index (χ3v) is 4.59. The Labute approximate surface area is 95.0 Å². The van der Waals surface area contributed by atoms with Crippen molar-refractivity contribution in [1.29, 1.82) is 0 Å². The van der Waals surface area contributed by atoms with E-state index in [2.05, 4.69) is 19.2 Å². The third-order valence-electron chi connectivity index (χ3n) is 4.59. The van der Waals surface area contributed by atoms with Crippen LogP contribution in [-0.2, 0) is 0 Å². The van der Waals surface area contributed by atoms with Crippen LogP contribution < -0.4 is 5.32 Å². The van der Waals surface area contributed by atoms with Gasteiger partial charge in [-0.25, -0.2) is 0 Å². The van der Waals surface area contributed by atoms with Crippen LogP contribution in [-0.4, -0.2) is 12.1 Å². The van der Waals surface area contributed by atoms with Crippen LogP contribution in [0.5, 0.6) is 0 Å². The second-order valence-electron chi connectivity index (χ2n) is 5.81. The smallest absolute Gasteiger partial charge is 0.00977 e. The van der Waals surface area contributed by atoms with Gasteiger partial charge in [-0.1, -0.05) is 39.0 Å². The molecule has 0 bridgehead atoms. The van der Waals surface area contributed by atoms with Gasteiger partial charge in [0.15, 0.2) is 0 Å². The van der Waals surface area contributed by atoms with Gasteiger partial charge in [-0.3, -0.25) is 0 Å². The molecule has 3 atom stereocenters. The minimum atomic E-state index is 0.757. The molecule has 0 spiro atoms. The van der Waals surface area contributed by atoms with E-state index in [1.807, 2.05) is 0 Å². The molecule has 0 radical (unpaired) electrons. The molecule has 0 saturated heterocycles. The van der Waals surface area contributed by atoms with Crippen molar-refractivity contribution in [2.45, 2.75) is 77.3 Å². The summed E-state index contributed by atoms with van der Waals surface area (Å²) in [6.45, 7) is 4.74. The molecule has 0 aromatic rings. The van der Waals surface area contributed by atoms with Gasteiger partial charge in [0.25, 0.3) is 0 Å². The first-order valence-corrected chi connectivity index (χ1v) is 7.05. The van der Waals surface area contributed by atoms with E-state index in [1.165, 1.54) is 51.4 Å². The lowest BCUT2D eigenvalue weighted by Gasteiger charge is -2.31. The maximum atomic E-state index is 3.88. The molecule has 0 heterocycles. The number of rotatable bonds is 5. The van der Waals surface area contributed by atoms with Crippen molar-refractivity contribution >= 4 is 0 Å². The van der Waals surface area contributed by atoms with Crippen molar-refractivity contribution in [3.8, 4) is 0 Å². The summed E-state index contributed by atoms with van der Waals surface area (Å²) in [6.07, 6.45) is 11.6. The minimum Gasteiger partial charge on any atom is -0.311 e. The Hall–Kier alpha value is -0.0400. The Morgan fingerprint density at radius 3 is 2.47 bits per heavy atom. The first-order valence-electron chi connectivity index (χ1n) is 7.05. The molecule has 2 rings (SSSR count). The first kappa shape index (κ1) is 11.4. The SMILES string of the molecule is CCC1CCCC1NC(C)CC1CCC1. The number of nitrogens with one attached hydrogen (secondary N) is 1. The van der Waals surface area contributed by atoms with E-state index in [0.717, 1.165) is 23.9 Å². The lowest BCUT2D eigenvalue weighted by molar-refractivity contribution is 0.247. The Bertz CT molecular complexity index is 186. The Morgan fingerprint density at radius 1 is 1.13 bits per heavy atom. The van der Waals surface area contributed by atoms with Crippen LogP contribution >= 0.6 is 0 Å². The van der Waals surface area contributed by atoms with Gasteiger partial charge in [-0.15, -0.1) is 0 Å². The van der Waals surface area contributed by atoms with Gasteiger partial charge >= 0.3 is 0 Å². The van der Waals surface area contributed by atoms with Crippen LogP contribution in [0.1, 0.15) is 65.2 Å². The first-order chi connectivity index (χ1) is 7.29. The summed E-state index contributed by atoms with van der Waals surface area (Å²) in [6, 6.07) is 1.59. The molecule has 1 N–H and O–H groups in total. The molecule has 2 fully saturated rings. The van der Waals surface area contributed by atoms with E-state index < -0.39 is 0 Å². The second kappa shape index (κ2) is 5.34. The lowest BCUT2D eigenvalue weighted by atomic mass is 9.81. The molecule has 2 aliphatic carbocycles. The van der Waals surface area contributed by atoms with Crippen molar-refractivity contribution in [1.82, 2.24) is 5.32 Å². The minimum absolute atomic E-state index is 0.757. The van der Waals surface area contributed by atoms with Crippen LogP contribution in [0.15, 0.2) is 0 Å². The summed E-state index contributed by atoms with van der Waals surface area (Å²) in [5.74, 6) is 2.02. The van der Waals surface area contributed by atoms with E-state index in [0.29, 0.717) is 0 Å². The number of hydrogen-bond donors (Lipinski definition) is 1. The standard InChI is InChI=1S/C14H27N/c1-3-13-8-5-9-14(13)15-11(2)10-12-6-4-7-12/h11-15H,3-10H2,1-2H3. The predicted molar refractivity (Wildman–Crippen MR) is 66.0 cm³/mol. The van der Waals surface area contributed by atoms with Crippen molar-refractivity contribution in [3.63, 3.8) is 0 Å². The highest BCUT2D eigenvalue weighted by molar-refractivity contribution is 4.85. The second-order valence-corrected chi connectivity index (χ2v) is 5.81. The van der Waals surface area contributed by atoms with Crippen LogP contribution in [0.3, 0.4) is 0 Å². The summed E-state index contributed by atoms with van der Waals surface area (Å²) in [4.78, 5) is 0. The van der Waals surface area contributed by atoms with Gasteiger partial charge in [0.2, 0.25) is 0 Å². The maximum Gasteiger partial charge on any atom is 0.00977 e. The fraction of sp³-hybridized carbons (Fsp3) is 1.00. The van der Waals surface area contributed by atoms with Crippen LogP contribution in [0.25, 0.3) is 0 Å². The average molecular weight is 209 g/mol. The molecule has 15 heavy (non-hydrogen) atoms. The molecular weight excluding hydrogens is 182 g/mol. The highest BCUT2D eigenvalue weighted by Gasteiger charge is 2.28. The monoisotopic (exact) mass is 209 g/mol. The van der Waals surface area contributed by atoms with Gasteiger partial charge < -0.3 is 5.32 Å². The fourth-order valence-electron chi connectivity index (χ4n) is 3.41. The summed E-state index contributed by atoms with van der Waals surface area (Å²) in [5.41, 5.74) is 0. The van der Waals surface area contributed by atoms with Crippen molar-refractivity contribution < 1.29 is 0 Å². The molecule has 1 nitrogen and oxygen atoms in total. The van der Waals surface area contributed by atoms with Crippen molar-refractivity contribution in [2.24, 2.45) is 11.8 Å². The molecule has 0 aromatic heterocycles. The van der Waals surface area contributed by atoms with Gasteiger partial charge in [-0.05, 0) is 38.0 Å². The highest BCUT2D eigenvalue weighted by atomic mass is 15.0. The van der Waals surface area contributed by atoms with Crippen LogP contribution in [0.2, 0.25) is 0 Å². The van der Waals surface area contributed by atoms with Crippen LogP contribution in [0.4, 0.5) is 0 Å². The normalized spacial score (nSPS) is 34.0. The number of hydrogen-bond acceptors (Lipinski definition) is 1.